The summed E-state index contributed by atoms with van der Waals surface area (Å²) in [5.41, 5.74) is 5.05. The standard InChI is InChI=1S/C23H20ClN5O3/c24-16-5-7-17(8-6-16)28-22-19-12-18(9-10-20(19)25-13-26-22)27-21(30)11-14-1-3-15(4-2-14)23(31)29-32/h1-10,12-13,21,27,30,32H,11H2,(H,29,31)(H,25,26,28). The van der Waals surface area contributed by atoms with Gasteiger partial charge in [-0.1, -0.05) is 23.7 Å². The Balaban J connectivity index is 1.49. The predicted octanol–water partition coefficient (Wildman–Crippen LogP) is 4.12. The lowest BCUT2D eigenvalue weighted by molar-refractivity contribution is 0.0706. The molecule has 8 nitrogen and oxygen atoms in total. The fourth-order valence-electron chi connectivity index (χ4n) is 3.24. The van der Waals surface area contributed by atoms with E-state index in [-0.39, 0.29) is 0 Å². The average Bonchev–Trinajstić information content (AvgIpc) is 2.81. The van der Waals surface area contributed by atoms with Crippen molar-refractivity contribution >= 4 is 45.6 Å². The van der Waals surface area contributed by atoms with Crippen LogP contribution in [-0.2, 0) is 6.42 Å². The zero-order chi connectivity index (χ0) is 22.5. The first-order chi connectivity index (χ1) is 15.5. The number of aromatic nitrogens is 2. The van der Waals surface area contributed by atoms with Crippen molar-refractivity contribution in [2.45, 2.75) is 12.6 Å². The summed E-state index contributed by atoms with van der Waals surface area (Å²) >= 11 is 5.95. The Hall–Kier alpha value is -3.72. The molecule has 0 saturated heterocycles. The normalized spacial score (nSPS) is 11.7. The maximum absolute atomic E-state index is 11.4. The number of hydroxylamine groups is 1. The third-order valence-electron chi connectivity index (χ3n) is 4.82. The van der Waals surface area contributed by atoms with Crippen molar-refractivity contribution in [3.05, 3.63) is 89.2 Å². The molecule has 5 N–H and O–H groups in total. The number of amides is 1. The highest BCUT2D eigenvalue weighted by Gasteiger charge is 2.10. The molecular weight excluding hydrogens is 430 g/mol. The molecule has 4 rings (SSSR count). The molecule has 32 heavy (non-hydrogen) atoms. The quantitative estimate of drug-likeness (QED) is 0.163. The minimum atomic E-state index is -0.859. The topological polar surface area (TPSA) is 119 Å². The van der Waals surface area contributed by atoms with E-state index in [0.717, 1.165) is 22.2 Å². The molecule has 0 radical (unpaired) electrons. The van der Waals surface area contributed by atoms with Crippen molar-refractivity contribution in [3.63, 3.8) is 0 Å². The molecule has 0 aliphatic carbocycles. The number of nitrogens with zero attached hydrogens (tertiary/aromatic N) is 2. The first kappa shape index (κ1) is 21.5. The van der Waals surface area contributed by atoms with Crippen LogP contribution in [0.4, 0.5) is 17.2 Å². The highest BCUT2D eigenvalue weighted by atomic mass is 35.5. The summed E-state index contributed by atoms with van der Waals surface area (Å²) in [7, 11) is 0. The number of halogens is 1. The second-order valence-corrected chi connectivity index (χ2v) is 7.52. The number of benzene rings is 3. The Kier molecular flexibility index (Phi) is 6.46. The third-order valence-corrected chi connectivity index (χ3v) is 5.07. The van der Waals surface area contributed by atoms with E-state index in [4.69, 9.17) is 16.8 Å². The van der Waals surface area contributed by atoms with Crippen LogP contribution in [0.15, 0.2) is 73.1 Å². The summed E-state index contributed by atoms with van der Waals surface area (Å²) in [5, 5.41) is 26.9. The summed E-state index contributed by atoms with van der Waals surface area (Å²) < 4.78 is 0. The fraction of sp³-hybridized carbons (Fsp3) is 0.0870. The van der Waals surface area contributed by atoms with Crippen LogP contribution in [0.5, 0.6) is 0 Å². The van der Waals surface area contributed by atoms with E-state index in [9.17, 15) is 9.90 Å². The zero-order valence-corrected chi connectivity index (χ0v) is 17.5. The van der Waals surface area contributed by atoms with Crippen LogP contribution in [-0.4, -0.2) is 32.4 Å². The Bertz CT molecular complexity index is 1230. The summed E-state index contributed by atoms with van der Waals surface area (Å²) in [6.45, 7) is 0. The van der Waals surface area contributed by atoms with E-state index in [1.165, 1.54) is 6.33 Å². The Labute approximate surface area is 188 Å². The number of nitrogens with one attached hydrogen (secondary N) is 3. The number of anilines is 3. The van der Waals surface area contributed by atoms with Gasteiger partial charge in [0.2, 0.25) is 0 Å². The molecule has 0 aliphatic heterocycles. The highest BCUT2D eigenvalue weighted by Crippen LogP contribution is 2.26. The van der Waals surface area contributed by atoms with Gasteiger partial charge in [-0.3, -0.25) is 10.0 Å². The number of carbonyl (C=O) groups excluding carboxylic acids is 1. The molecule has 1 amide bonds. The van der Waals surface area contributed by atoms with Gasteiger partial charge in [-0.05, 0) is 60.2 Å². The number of fused-ring (bicyclic) bond motifs is 1. The number of carbonyl (C=O) groups is 1. The molecule has 3 aromatic carbocycles. The summed E-state index contributed by atoms with van der Waals surface area (Å²) in [6, 6.07) is 19.4. The van der Waals surface area contributed by atoms with E-state index < -0.39 is 12.1 Å². The lowest BCUT2D eigenvalue weighted by atomic mass is 10.1. The number of aliphatic hydroxyl groups is 1. The molecule has 0 saturated carbocycles. The van der Waals surface area contributed by atoms with Gasteiger partial charge in [0.05, 0.1) is 5.52 Å². The molecule has 0 fully saturated rings. The number of aliphatic hydroxyl groups excluding tert-OH is 1. The van der Waals surface area contributed by atoms with Gasteiger partial charge in [-0.15, -0.1) is 0 Å². The van der Waals surface area contributed by atoms with Crippen molar-refractivity contribution in [3.8, 4) is 0 Å². The van der Waals surface area contributed by atoms with E-state index in [1.54, 1.807) is 41.9 Å². The molecule has 0 bridgehead atoms. The maximum Gasteiger partial charge on any atom is 0.274 e. The van der Waals surface area contributed by atoms with Crippen molar-refractivity contribution in [2.24, 2.45) is 0 Å². The summed E-state index contributed by atoms with van der Waals surface area (Å²) in [6.07, 6.45) is 0.950. The first-order valence-corrected chi connectivity index (χ1v) is 10.1. The molecular formula is C23H20ClN5O3. The summed E-state index contributed by atoms with van der Waals surface area (Å²) in [4.78, 5) is 20.1. The molecule has 0 aliphatic rings. The van der Waals surface area contributed by atoms with Gasteiger partial charge in [-0.2, -0.15) is 0 Å². The van der Waals surface area contributed by atoms with Crippen LogP contribution in [0.3, 0.4) is 0 Å². The first-order valence-electron chi connectivity index (χ1n) is 9.77. The van der Waals surface area contributed by atoms with Gasteiger partial charge < -0.3 is 15.7 Å². The van der Waals surface area contributed by atoms with Crippen LogP contribution in [0.1, 0.15) is 15.9 Å². The Morgan fingerprint density at radius 2 is 1.69 bits per heavy atom. The minimum Gasteiger partial charge on any atom is -0.373 e. The highest BCUT2D eigenvalue weighted by molar-refractivity contribution is 6.30. The van der Waals surface area contributed by atoms with E-state index >= 15 is 0 Å². The number of hydrogen-bond donors (Lipinski definition) is 5. The van der Waals surface area contributed by atoms with Gasteiger partial charge >= 0.3 is 0 Å². The summed E-state index contributed by atoms with van der Waals surface area (Å²) in [5.74, 6) is 0.0461. The molecule has 1 unspecified atom stereocenters. The molecule has 1 aromatic heterocycles. The predicted molar refractivity (Wildman–Crippen MR) is 123 cm³/mol. The van der Waals surface area contributed by atoms with Gasteiger partial charge in [0.15, 0.2) is 0 Å². The van der Waals surface area contributed by atoms with Crippen molar-refractivity contribution in [1.82, 2.24) is 15.4 Å². The maximum atomic E-state index is 11.4. The number of hydrogen-bond acceptors (Lipinski definition) is 7. The second kappa shape index (κ2) is 9.61. The Morgan fingerprint density at radius 3 is 2.41 bits per heavy atom. The van der Waals surface area contributed by atoms with E-state index in [2.05, 4.69) is 20.6 Å². The Morgan fingerprint density at radius 1 is 0.969 bits per heavy atom. The molecule has 0 spiro atoms. The molecule has 1 heterocycles. The minimum absolute atomic E-state index is 0.320. The molecule has 1 atom stereocenters. The van der Waals surface area contributed by atoms with E-state index in [0.29, 0.717) is 28.5 Å². The van der Waals surface area contributed by atoms with Crippen LogP contribution in [0.2, 0.25) is 5.02 Å². The smallest absolute Gasteiger partial charge is 0.274 e. The third kappa shape index (κ3) is 5.12. The lowest BCUT2D eigenvalue weighted by Gasteiger charge is -2.16. The lowest BCUT2D eigenvalue weighted by Crippen LogP contribution is -2.22. The van der Waals surface area contributed by atoms with Crippen LogP contribution in [0, 0.1) is 0 Å². The molecule has 4 aromatic rings. The van der Waals surface area contributed by atoms with Gasteiger partial charge in [0.25, 0.3) is 5.91 Å². The van der Waals surface area contributed by atoms with Crippen molar-refractivity contribution in [1.29, 1.82) is 0 Å². The SMILES string of the molecule is O=C(NO)c1ccc(CC(O)Nc2ccc3ncnc(Nc4ccc(Cl)cc4)c3c2)cc1. The van der Waals surface area contributed by atoms with Gasteiger partial charge in [0.1, 0.15) is 18.4 Å². The van der Waals surface area contributed by atoms with Crippen LogP contribution >= 0.6 is 11.6 Å². The second-order valence-electron chi connectivity index (χ2n) is 7.09. The van der Waals surface area contributed by atoms with E-state index in [1.807, 2.05) is 30.3 Å². The molecule has 9 heteroatoms. The zero-order valence-electron chi connectivity index (χ0n) is 16.8. The van der Waals surface area contributed by atoms with Gasteiger partial charge in [-0.25, -0.2) is 15.4 Å². The van der Waals surface area contributed by atoms with Crippen LogP contribution in [0.25, 0.3) is 10.9 Å². The largest absolute Gasteiger partial charge is 0.373 e. The molecule has 162 valence electrons. The van der Waals surface area contributed by atoms with Gasteiger partial charge in [0, 0.05) is 33.8 Å². The van der Waals surface area contributed by atoms with Crippen molar-refractivity contribution < 1.29 is 15.1 Å². The monoisotopic (exact) mass is 449 g/mol. The fourth-order valence-corrected chi connectivity index (χ4v) is 3.37. The van der Waals surface area contributed by atoms with Crippen LogP contribution < -0.4 is 16.1 Å². The number of rotatable bonds is 7. The van der Waals surface area contributed by atoms with Crippen molar-refractivity contribution in [2.75, 3.05) is 10.6 Å². The average molecular weight is 450 g/mol.